The van der Waals surface area contributed by atoms with Gasteiger partial charge in [0.2, 0.25) is 0 Å². The first-order valence-corrected chi connectivity index (χ1v) is 7.98. The van der Waals surface area contributed by atoms with E-state index in [9.17, 15) is 9.59 Å². The molecule has 124 valence electrons. The number of benzene rings is 3. The Bertz CT molecular complexity index is 890. The van der Waals surface area contributed by atoms with Gasteiger partial charge in [0, 0.05) is 22.3 Å². The number of ether oxygens (including phenoxy) is 1. The molecular weight excluding hydrogens is 312 g/mol. The minimum absolute atomic E-state index is 0.0524. The Morgan fingerprint density at radius 2 is 0.920 bits per heavy atom. The largest absolute Gasteiger partial charge is 0.497 e. The normalized spacial score (nSPS) is 10.3. The number of rotatable bonds is 5. The fraction of sp³-hybridized carbons (Fsp3) is 0.0909. The smallest absolute Gasteiger partial charge is 0.193 e. The van der Waals surface area contributed by atoms with Crippen LogP contribution in [0, 0.1) is 6.92 Å². The van der Waals surface area contributed by atoms with Gasteiger partial charge in [0.05, 0.1) is 7.11 Å². The number of ketones is 2. The van der Waals surface area contributed by atoms with Crippen LogP contribution >= 0.6 is 0 Å². The third-order valence-corrected chi connectivity index (χ3v) is 4.08. The highest BCUT2D eigenvalue weighted by atomic mass is 16.5. The second-order valence-corrected chi connectivity index (χ2v) is 5.83. The third kappa shape index (κ3) is 3.66. The summed E-state index contributed by atoms with van der Waals surface area (Å²) in [4.78, 5) is 25.0. The molecule has 3 nitrogen and oxygen atoms in total. The van der Waals surface area contributed by atoms with Crippen LogP contribution in [0.3, 0.4) is 0 Å². The van der Waals surface area contributed by atoms with Crippen LogP contribution in [0.25, 0.3) is 0 Å². The summed E-state index contributed by atoms with van der Waals surface area (Å²) in [7, 11) is 1.58. The molecule has 0 aliphatic heterocycles. The summed E-state index contributed by atoms with van der Waals surface area (Å²) >= 11 is 0. The SMILES string of the molecule is COc1ccc(C(=O)c2ccc(C(=O)c3ccc(C)cc3)cc2)cc1. The predicted molar refractivity (Wildman–Crippen MR) is 97.5 cm³/mol. The Kier molecular flexibility index (Phi) is 4.75. The van der Waals surface area contributed by atoms with Crippen molar-refractivity contribution < 1.29 is 14.3 Å². The van der Waals surface area contributed by atoms with E-state index in [4.69, 9.17) is 4.74 Å². The first kappa shape index (κ1) is 16.7. The lowest BCUT2D eigenvalue weighted by Gasteiger charge is -2.05. The molecule has 0 bridgehead atoms. The van der Waals surface area contributed by atoms with Gasteiger partial charge in [-0.15, -0.1) is 0 Å². The highest BCUT2D eigenvalue weighted by Crippen LogP contribution is 2.17. The zero-order valence-electron chi connectivity index (χ0n) is 14.2. The molecule has 0 unspecified atom stereocenters. The van der Waals surface area contributed by atoms with Crippen molar-refractivity contribution in [3.05, 3.63) is 101 Å². The van der Waals surface area contributed by atoms with Crippen molar-refractivity contribution >= 4 is 11.6 Å². The number of methoxy groups -OCH3 is 1. The van der Waals surface area contributed by atoms with Crippen molar-refractivity contribution in [3.8, 4) is 5.75 Å². The maximum Gasteiger partial charge on any atom is 0.193 e. The molecule has 0 heterocycles. The molecular formula is C22H18O3. The molecule has 0 aromatic heterocycles. The summed E-state index contributed by atoms with van der Waals surface area (Å²) in [6, 6.07) is 21.2. The molecule has 3 aromatic carbocycles. The van der Waals surface area contributed by atoms with Crippen LogP contribution < -0.4 is 4.74 Å². The van der Waals surface area contributed by atoms with Crippen LogP contribution in [-0.4, -0.2) is 18.7 Å². The Balaban J connectivity index is 1.80. The summed E-state index contributed by atoms with van der Waals surface area (Å²) < 4.78 is 5.10. The van der Waals surface area contributed by atoms with Crippen LogP contribution in [-0.2, 0) is 0 Å². The first-order chi connectivity index (χ1) is 12.1. The minimum Gasteiger partial charge on any atom is -0.497 e. The molecule has 25 heavy (non-hydrogen) atoms. The molecule has 0 saturated carbocycles. The molecule has 0 atom stereocenters. The zero-order chi connectivity index (χ0) is 17.8. The summed E-state index contributed by atoms with van der Waals surface area (Å²) in [5.74, 6) is 0.566. The summed E-state index contributed by atoms with van der Waals surface area (Å²) in [5.41, 5.74) is 3.44. The summed E-state index contributed by atoms with van der Waals surface area (Å²) in [6.45, 7) is 1.98. The fourth-order valence-corrected chi connectivity index (χ4v) is 2.55. The monoisotopic (exact) mass is 330 g/mol. The highest BCUT2D eigenvalue weighted by molar-refractivity contribution is 6.11. The van der Waals surface area contributed by atoms with Crippen molar-refractivity contribution in [1.82, 2.24) is 0 Å². The number of hydrogen-bond acceptors (Lipinski definition) is 3. The lowest BCUT2D eigenvalue weighted by Crippen LogP contribution is -2.04. The maximum absolute atomic E-state index is 12.5. The van der Waals surface area contributed by atoms with Gasteiger partial charge in [-0.2, -0.15) is 0 Å². The van der Waals surface area contributed by atoms with Crippen molar-refractivity contribution in [1.29, 1.82) is 0 Å². The molecule has 3 aromatic rings. The van der Waals surface area contributed by atoms with E-state index in [1.807, 2.05) is 31.2 Å². The van der Waals surface area contributed by atoms with Crippen LogP contribution in [0.2, 0.25) is 0 Å². The Labute approximate surface area is 146 Å². The number of aryl methyl sites for hydroxylation is 1. The van der Waals surface area contributed by atoms with E-state index >= 15 is 0 Å². The van der Waals surface area contributed by atoms with E-state index in [-0.39, 0.29) is 11.6 Å². The van der Waals surface area contributed by atoms with Crippen molar-refractivity contribution in [2.75, 3.05) is 7.11 Å². The zero-order valence-corrected chi connectivity index (χ0v) is 14.2. The van der Waals surface area contributed by atoms with E-state index in [1.54, 1.807) is 55.6 Å². The van der Waals surface area contributed by atoms with Gasteiger partial charge < -0.3 is 4.74 Å². The lowest BCUT2D eigenvalue weighted by atomic mass is 9.98. The number of hydrogen-bond donors (Lipinski definition) is 0. The average molecular weight is 330 g/mol. The second-order valence-electron chi connectivity index (χ2n) is 5.83. The molecule has 0 amide bonds. The first-order valence-electron chi connectivity index (χ1n) is 7.98. The van der Waals surface area contributed by atoms with Gasteiger partial charge in [0.25, 0.3) is 0 Å². The van der Waals surface area contributed by atoms with Crippen molar-refractivity contribution in [3.63, 3.8) is 0 Å². The van der Waals surface area contributed by atoms with E-state index in [2.05, 4.69) is 0 Å². The Morgan fingerprint density at radius 3 is 1.28 bits per heavy atom. The van der Waals surface area contributed by atoms with Crippen LogP contribution in [0.15, 0.2) is 72.8 Å². The van der Waals surface area contributed by atoms with Gasteiger partial charge in [-0.1, -0.05) is 54.1 Å². The Hall–Kier alpha value is -3.20. The van der Waals surface area contributed by atoms with Crippen LogP contribution in [0.5, 0.6) is 5.75 Å². The summed E-state index contributed by atoms with van der Waals surface area (Å²) in [6.07, 6.45) is 0. The Morgan fingerprint density at radius 1 is 0.600 bits per heavy atom. The average Bonchev–Trinajstić information content (AvgIpc) is 2.67. The highest BCUT2D eigenvalue weighted by Gasteiger charge is 2.12. The van der Waals surface area contributed by atoms with Gasteiger partial charge in [0.15, 0.2) is 11.6 Å². The molecule has 0 fully saturated rings. The van der Waals surface area contributed by atoms with Gasteiger partial charge in [-0.3, -0.25) is 9.59 Å². The van der Waals surface area contributed by atoms with Crippen molar-refractivity contribution in [2.24, 2.45) is 0 Å². The van der Waals surface area contributed by atoms with E-state index in [0.29, 0.717) is 28.0 Å². The lowest BCUT2D eigenvalue weighted by molar-refractivity contribution is 0.102. The summed E-state index contributed by atoms with van der Waals surface area (Å²) in [5, 5.41) is 0. The minimum atomic E-state index is -0.0861. The second kappa shape index (κ2) is 7.14. The van der Waals surface area contributed by atoms with Gasteiger partial charge in [-0.05, 0) is 31.2 Å². The predicted octanol–water partition coefficient (Wildman–Crippen LogP) is 4.47. The molecule has 3 heteroatoms. The maximum atomic E-state index is 12.5. The molecule has 0 aliphatic carbocycles. The number of carbonyl (C=O) groups excluding carboxylic acids is 2. The molecule has 0 spiro atoms. The quantitative estimate of drug-likeness (QED) is 0.649. The fourth-order valence-electron chi connectivity index (χ4n) is 2.55. The molecule has 3 rings (SSSR count). The van der Waals surface area contributed by atoms with Gasteiger partial charge in [0.1, 0.15) is 5.75 Å². The number of carbonyl (C=O) groups is 2. The van der Waals surface area contributed by atoms with E-state index in [1.165, 1.54) is 0 Å². The standard InChI is InChI=1S/C22H18O3/c1-15-3-5-16(6-4-15)21(23)17-7-9-18(10-8-17)22(24)19-11-13-20(25-2)14-12-19/h3-14H,1-2H3. The van der Waals surface area contributed by atoms with Crippen molar-refractivity contribution in [2.45, 2.75) is 6.92 Å². The molecule has 0 aliphatic rings. The topological polar surface area (TPSA) is 43.4 Å². The van der Waals surface area contributed by atoms with Crippen LogP contribution in [0.1, 0.15) is 37.4 Å². The third-order valence-electron chi connectivity index (χ3n) is 4.08. The molecule has 0 radical (unpaired) electrons. The van der Waals surface area contributed by atoms with E-state index in [0.717, 1.165) is 5.56 Å². The molecule has 0 saturated heterocycles. The van der Waals surface area contributed by atoms with Crippen LogP contribution in [0.4, 0.5) is 0 Å². The van der Waals surface area contributed by atoms with E-state index < -0.39 is 0 Å². The van der Waals surface area contributed by atoms with Gasteiger partial charge in [-0.25, -0.2) is 0 Å². The van der Waals surface area contributed by atoms with Gasteiger partial charge >= 0.3 is 0 Å². The molecule has 0 N–H and O–H groups in total.